The normalized spacial score (nSPS) is 12.7. The average Bonchev–Trinajstić information content (AvgIpc) is 2.69. The second-order valence-corrected chi connectivity index (χ2v) is 3.82. The second kappa shape index (κ2) is 4.28. The lowest BCUT2D eigenvalue weighted by Gasteiger charge is -2.07. The summed E-state index contributed by atoms with van der Waals surface area (Å²) < 4.78 is 1.99. The maximum absolute atomic E-state index is 5.77. The van der Waals surface area contributed by atoms with Gasteiger partial charge in [0, 0.05) is 24.1 Å². The van der Waals surface area contributed by atoms with E-state index >= 15 is 0 Å². The van der Waals surface area contributed by atoms with Crippen molar-refractivity contribution in [3.63, 3.8) is 0 Å². The van der Waals surface area contributed by atoms with Crippen LogP contribution < -0.4 is 5.73 Å². The van der Waals surface area contributed by atoms with Gasteiger partial charge >= 0.3 is 0 Å². The molecule has 0 aliphatic rings. The highest BCUT2D eigenvalue weighted by Gasteiger charge is 2.00. The summed E-state index contributed by atoms with van der Waals surface area (Å²) in [5, 5.41) is 0. The highest BCUT2D eigenvalue weighted by molar-refractivity contribution is 5.36. The second-order valence-electron chi connectivity index (χ2n) is 3.82. The maximum Gasteiger partial charge on any atom is 0.0991 e. The zero-order valence-electron chi connectivity index (χ0n) is 8.80. The Morgan fingerprint density at radius 1 is 1.47 bits per heavy atom. The van der Waals surface area contributed by atoms with Crippen LogP contribution >= 0.6 is 0 Å². The van der Waals surface area contributed by atoms with Crippen molar-refractivity contribution in [3.8, 4) is 5.69 Å². The zero-order valence-corrected chi connectivity index (χ0v) is 8.80. The molecule has 0 aliphatic heterocycles. The number of nitrogens with zero attached hydrogens (tertiary/aromatic N) is 2. The molecule has 0 bridgehead atoms. The Balaban J connectivity index is 2.27. The smallest absolute Gasteiger partial charge is 0.0991 e. The molecule has 2 aromatic rings. The molecule has 1 aromatic carbocycles. The first kappa shape index (κ1) is 9.93. The standard InChI is InChI=1S/C12H15N3/c1-10(13)7-11-3-2-4-12(8-11)15-6-5-14-9-15/h2-6,8-10H,7,13H2,1H3/t10-/m0/s1. The van der Waals surface area contributed by atoms with Crippen molar-refractivity contribution >= 4 is 0 Å². The summed E-state index contributed by atoms with van der Waals surface area (Å²) in [6.07, 6.45) is 6.41. The maximum atomic E-state index is 5.77. The van der Waals surface area contributed by atoms with E-state index in [2.05, 4.69) is 23.2 Å². The molecule has 78 valence electrons. The molecule has 3 nitrogen and oxygen atoms in total. The Kier molecular flexibility index (Phi) is 2.83. The van der Waals surface area contributed by atoms with Gasteiger partial charge in [0.25, 0.3) is 0 Å². The topological polar surface area (TPSA) is 43.8 Å². The van der Waals surface area contributed by atoms with Crippen molar-refractivity contribution in [1.82, 2.24) is 9.55 Å². The van der Waals surface area contributed by atoms with Gasteiger partial charge < -0.3 is 10.3 Å². The first-order valence-electron chi connectivity index (χ1n) is 5.08. The lowest BCUT2D eigenvalue weighted by atomic mass is 10.1. The molecule has 0 aliphatic carbocycles. The van der Waals surface area contributed by atoms with Gasteiger partial charge in [-0.2, -0.15) is 0 Å². The Labute approximate surface area is 89.6 Å². The van der Waals surface area contributed by atoms with Gasteiger partial charge in [0.1, 0.15) is 0 Å². The average molecular weight is 201 g/mol. The quantitative estimate of drug-likeness (QED) is 0.822. The van der Waals surface area contributed by atoms with Gasteiger partial charge in [0.05, 0.1) is 6.33 Å². The molecule has 0 amide bonds. The van der Waals surface area contributed by atoms with Crippen LogP contribution in [0.5, 0.6) is 0 Å². The minimum Gasteiger partial charge on any atom is -0.328 e. The monoisotopic (exact) mass is 201 g/mol. The highest BCUT2D eigenvalue weighted by atomic mass is 15.0. The Hall–Kier alpha value is -1.61. The van der Waals surface area contributed by atoms with Crippen molar-refractivity contribution in [2.45, 2.75) is 19.4 Å². The number of imidazole rings is 1. The summed E-state index contributed by atoms with van der Waals surface area (Å²) in [5.74, 6) is 0. The molecule has 1 aromatic heterocycles. The molecule has 2 N–H and O–H groups in total. The van der Waals surface area contributed by atoms with Crippen LogP contribution in [0.3, 0.4) is 0 Å². The van der Waals surface area contributed by atoms with Crippen LogP contribution in [-0.4, -0.2) is 15.6 Å². The largest absolute Gasteiger partial charge is 0.328 e. The van der Waals surface area contributed by atoms with E-state index in [1.807, 2.05) is 23.8 Å². The number of nitrogens with two attached hydrogens (primary N) is 1. The molecular formula is C12H15N3. The van der Waals surface area contributed by atoms with Crippen molar-refractivity contribution < 1.29 is 0 Å². The number of aromatic nitrogens is 2. The van der Waals surface area contributed by atoms with E-state index in [-0.39, 0.29) is 6.04 Å². The van der Waals surface area contributed by atoms with Crippen molar-refractivity contribution in [3.05, 3.63) is 48.5 Å². The van der Waals surface area contributed by atoms with Crippen LogP contribution in [0.25, 0.3) is 5.69 Å². The van der Waals surface area contributed by atoms with Gasteiger partial charge in [-0.05, 0) is 31.0 Å². The summed E-state index contributed by atoms with van der Waals surface area (Å²) in [7, 11) is 0. The van der Waals surface area contributed by atoms with Crippen LogP contribution in [0.2, 0.25) is 0 Å². The molecule has 3 heteroatoms. The minimum atomic E-state index is 0.197. The highest BCUT2D eigenvalue weighted by Crippen LogP contribution is 2.11. The summed E-state index contributed by atoms with van der Waals surface area (Å²) >= 11 is 0. The van der Waals surface area contributed by atoms with Gasteiger partial charge in [-0.3, -0.25) is 0 Å². The first-order chi connectivity index (χ1) is 7.25. The van der Waals surface area contributed by atoms with Crippen molar-refractivity contribution in [1.29, 1.82) is 0 Å². The third-order valence-electron chi connectivity index (χ3n) is 2.27. The Morgan fingerprint density at radius 3 is 3.00 bits per heavy atom. The van der Waals surface area contributed by atoms with Gasteiger partial charge in [0.2, 0.25) is 0 Å². The fraction of sp³-hybridized carbons (Fsp3) is 0.250. The fourth-order valence-corrected chi connectivity index (χ4v) is 1.63. The number of rotatable bonds is 3. The zero-order chi connectivity index (χ0) is 10.7. The van der Waals surface area contributed by atoms with Crippen molar-refractivity contribution in [2.75, 3.05) is 0 Å². The molecule has 0 saturated heterocycles. The number of benzene rings is 1. The summed E-state index contributed by atoms with van der Waals surface area (Å²) in [4.78, 5) is 4.03. The summed E-state index contributed by atoms with van der Waals surface area (Å²) in [6.45, 7) is 2.02. The minimum absolute atomic E-state index is 0.197. The number of hydrogen-bond acceptors (Lipinski definition) is 2. The molecule has 0 saturated carbocycles. The van der Waals surface area contributed by atoms with Gasteiger partial charge in [-0.15, -0.1) is 0 Å². The molecule has 1 atom stereocenters. The Morgan fingerprint density at radius 2 is 2.33 bits per heavy atom. The molecule has 15 heavy (non-hydrogen) atoms. The van der Waals surface area contributed by atoms with E-state index in [0.717, 1.165) is 12.1 Å². The third kappa shape index (κ3) is 2.44. The predicted octanol–water partition coefficient (Wildman–Crippen LogP) is 1.76. The van der Waals surface area contributed by atoms with Gasteiger partial charge in [-0.25, -0.2) is 4.98 Å². The molecule has 0 fully saturated rings. The van der Waals surface area contributed by atoms with Crippen LogP contribution in [0.15, 0.2) is 43.0 Å². The van der Waals surface area contributed by atoms with Crippen LogP contribution in [0.4, 0.5) is 0 Å². The van der Waals surface area contributed by atoms with Crippen molar-refractivity contribution in [2.24, 2.45) is 5.73 Å². The molecule has 0 unspecified atom stereocenters. The Bertz CT molecular complexity index is 418. The van der Waals surface area contributed by atoms with Crippen LogP contribution in [-0.2, 0) is 6.42 Å². The summed E-state index contributed by atoms with van der Waals surface area (Å²) in [5.41, 5.74) is 8.16. The SMILES string of the molecule is C[C@H](N)Cc1cccc(-n2ccnc2)c1. The van der Waals surface area contributed by atoms with E-state index < -0.39 is 0 Å². The molecule has 2 rings (SSSR count). The molecule has 1 heterocycles. The van der Waals surface area contributed by atoms with E-state index in [1.165, 1.54) is 5.56 Å². The van der Waals surface area contributed by atoms with E-state index in [9.17, 15) is 0 Å². The van der Waals surface area contributed by atoms with E-state index in [1.54, 1.807) is 12.5 Å². The lowest BCUT2D eigenvalue weighted by molar-refractivity contribution is 0.737. The third-order valence-corrected chi connectivity index (χ3v) is 2.27. The molecular weight excluding hydrogens is 186 g/mol. The fourth-order valence-electron chi connectivity index (χ4n) is 1.63. The number of hydrogen-bond donors (Lipinski definition) is 1. The lowest BCUT2D eigenvalue weighted by Crippen LogP contribution is -2.17. The van der Waals surface area contributed by atoms with Crippen LogP contribution in [0.1, 0.15) is 12.5 Å². The molecule has 0 radical (unpaired) electrons. The first-order valence-corrected chi connectivity index (χ1v) is 5.08. The summed E-state index contributed by atoms with van der Waals surface area (Å²) in [6, 6.07) is 8.55. The van der Waals surface area contributed by atoms with E-state index in [4.69, 9.17) is 5.73 Å². The predicted molar refractivity (Wildman–Crippen MR) is 60.9 cm³/mol. The van der Waals surface area contributed by atoms with Crippen LogP contribution in [0, 0.1) is 0 Å². The van der Waals surface area contributed by atoms with Gasteiger partial charge in [-0.1, -0.05) is 12.1 Å². The molecule has 0 spiro atoms. The van der Waals surface area contributed by atoms with Gasteiger partial charge in [0.15, 0.2) is 0 Å². The van der Waals surface area contributed by atoms with E-state index in [0.29, 0.717) is 0 Å².